The number of likely N-dealkylation sites (tertiary alicyclic amines) is 1. The van der Waals surface area contributed by atoms with Crippen molar-refractivity contribution < 1.29 is 4.79 Å². The van der Waals surface area contributed by atoms with E-state index in [4.69, 9.17) is 17.3 Å². The Morgan fingerprint density at radius 3 is 2.80 bits per heavy atom. The molecular formula is C15H21ClN2OS. The zero-order valence-electron chi connectivity index (χ0n) is 11.6. The lowest BCUT2D eigenvalue weighted by Gasteiger charge is -2.16. The summed E-state index contributed by atoms with van der Waals surface area (Å²) in [6, 6.07) is 7.82. The van der Waals surface area contributed by atoms with E-state index in [1.54, 1.807) is 11.8 Å². The number of hydrogen-bond acceptors (Lipinski definition) is 3. The van der Waals surface area contributed by atoms with E-state index in [0.717, 1.165) is 36.7 Å². The summed E-state index contributed by atoms with van der Waals surface area (Å²) < 4.78 is 0. The van der Waals surface area contributed by atoms with Gasteiger partial charge in [-0.15, -0.1) is 11.8 Å². The molecule has 2 rings (SSSR count). The van der Waals surface area contributed by atoms with Crippen LogP contribution >= 0.6 is 23.4 Å². The number of thioether (sulfide) groups is 1. The van der Waals surface area contributed by atoms with Gasteiger partial charge in [-0.25, -0.2) is 0 Å². The largest absolute Gasteiger partial charge is 0.342 e. The molecule has 1 unspecified atom stereocenters. The maximum Gasteiger partial charge on any atom is 0.222 e. The highest BCUT2D eigenvalue weighted by Crippen LogP contribution is 2.22. The quantitative estimate of drug-likeness (QED) is 0.649. The fourth-order valence-corrected chi connectivity index (χ4v) is 3.33. The molecule has 3 nitrogen and oxygen atoms in total. The van der Waals surface area contributed by atoms with Crippen molar-refractivity contribution in [3.63, 3.8) is 0 Å². The molecule has 110 valence electrons. The summed E-state index contributed by atoms with van der Waals surface area (Å²) in [6.45, 7) is 2.42. The predicted octanol–water partition coefficient (Wildman–Crippen LogP) is 3.02. The van der Waals surface area contributed by atoms with Crippen molar-refractivity contribution in [2.45, 2.75) is 24.2 Å². The van der Waals surface area contributed by atoms with Gasteiger partial charge in [0.2, 0.25) is 5.91 Å². The van der Waals surface area contributed by atoms with Crippen LogP contribution in [0.4, 0.5) is 0 Å². The van der Waals surface area contributed by atoms with Crippen LogP contribution in [0.5, 0.6) is 0 Å². The average molecular weight is 313 g/mol. The first-order valence-electron chi connectivity index (χ1n) is 7.05. The number of nitrogens with zero attached hydrogens (tertiary/aromatic N) is 1. The lowest BCUT2D eigenvalue weighted by atomic mass is 10.1. The number of carbonyl (C=O) groups excluding carboxylic acids is 1. The third-order valence-corrected chi connectivity index (χ3v) is 4.94. The lowest BCUT2D eigenvalue weighted by molar-refractivity contribution is -0.130. The van der Waals surface area contributed by atoms with Crippen LogP contribution in [0.3, 0.4) is 0 Å². The van der Waals surface area contributed by atoms with Crippen molar-refractivity contribution in [3.05, 3.63) is 29.3 Å². The van der Waals surface area contributed by atoms with Gasteiger partial charge in [-0.2, -0.15) is 0 Å². The highest BCUT2D eigenvalue weighted by Gasteiger charge is 2.24. The van der Waals surface area contributed by atoms with E-state index < -0.39 is 0 Å². The second kappa shape index (κ2) is 7.91. The molecule has 0 aromatic heterocycles. The van der Waals surface area contributed by atoms with Gasteiger partial charge in [0.15, 0.2) is 0 Å². The Labute approximate surface area is 129 Å². The van der Waals surface area contributed by atoms with Gasteiger partial charge < -0.3 is 10.6 Å². The minimum absolute atomic E-state index is 0.276. The first-order chi connectivity index (χ1) is 9.69. The summed E-state index contributed by atoms with van der Waals surface area (Å²) in [4.78, 5) is 15.2. The van der Waals surface area contributed by atoms with E-state index in [0.29, 0.717) is 18.9 Å². The van der Waals surface area contributed by atoms with Gasteiger partial charge in [0.1, 0.15) is 0 Å². The maximum absolute atomic E-state index is 12.0. The van der Waals surface area contributed by atoms with Crippen LogP contribution in [0.15, 0.2) is 29.2 Å². The molecule has 1 aromatic rings. The van der Waals surface area contributed by atoms with E-state index in [-0.39, 0.29) is 5.91 Å². The van der Waals surface area contributed by atoms with Crippen molar-refractivity contribution in [2.24, 2.45) is 11.7 Å². The van der Waals surface area contributed by atoms with Gasteiger partial charge in [-0.1, -0.05) is 11.6 Å². The standard InChI is InChI=1S/C15H21ClN2OS/c16-13-3-5-14(6-4-13)20-9-1-2-15(19)18-8-7-12(10-17)11-18/h3-6,12H,1-2,7-11,17H2. The number of nitrogens with two attached hydrogens (primary N) is 1. The topological polar surface area (TPSA) is 46.3 Å². The molecule has 0 spiro atoms. The molecule has 1 fully saturated rings. The molecule has 2 N–H and O–H groups in total. The Morgan fingerprint density at radius 2 is 2.15 bits per heavy atom. The van der Waals surface area contributed by atoms with E-state index >= 15 is 0 Å². The Morgan fingerprint density at radius 1 is 1.40 bits per heavy atom. The van der Waals surface area contributed by atoms with Crippen molar-refractivity contribution >= 4 is 29.3 Å². The smallest absolute Gasteiger partial charge is 0.222 e. The Hall–Kier alpha value is -0.710. The van der Waals surface area contributed by atoms with Gasteiger partial charge in [0.05, 0.1) is 0 Å². The normalized spacial score (nSPS) is 18.5. The second-order valence-corrected chi connectivity index (χ2v) is 6.74. The molecule has 1 atom stereocenters. The highest BCUT2D eigenvalue weighted by atomic mass is 35.5. The summed E-state index contributed by atoms with van der Waals surface area (Å²) in [6.07, 6.45) is 2.61. The zero-order chi connectivity index (χ0) is 14.4. The molecular weight excluding hydrogens is 292 g/mol. The van der Waals surface area contributed by atoms with Crippen LogP contribution < -0.4 is 5.73 Å². The Bertz CT molecular complexity index is 438. The third-order valence-electron chi connectivity index (χ3n) is 3.59. The van der Waals surface area contributed by atoms with Crippen LogP contribution in [-0.4, -0.2) is 36.2 Å². The van der Waals surface area contributed by atoms with E-state index in [1.165, 1.54) is 4.90 Å². The summed E-state index contributed by atoms with van der Waals surface area (Å²) in [5.41, 5.74) is 5.64. The monoisotopic (exact) mass is 312 g/mol. The molecule has 0 bridgehead atoms. The number of rotatable bonds is 6. The summed E-state index contributed by atoms with van der Waals surface area (Å²) in [5.74, 6) is 1.74. The first kappa shape index (κ1) is 15.7. The van der Waals surface area contributed by atoms with Crippen LogP contribution in [0.2, 0.25) is 5.02 Å². The van der Waals surface area contributed by atoms with Gasteiger partial charge >= 0.3 is 0 Å². The van der Waals surface area contributed by atoms with Crippen molar-refractivity contribution in [2.75, 3.05) is 25.4 Å². The molecule has 0 saturated carbocycles. The van der Waals surface area contributed by atoms with E-state index in [1.807, 2.05) is 29.2 Å². The molecule has 0 radical (unpaired) electrons. The molecule has 5 heteroatoms. The molecule has 1 saturated heterocycles. The number of halogens is 1. The summed E-state index contributed by atoms with van der Waals surface area (Å²) in [7, 11) is 0. The highest BCUT2D eigenvalue weighted by molar-refractivity contribution is 7.99. The lowest BCUT2D eigenvalue weighted by Crippen LogP contribution is -2.29. The molecule has 1 aromatic carbocycles. The summed E-state index contributed by atoms with van der Waals surface area (Å²) in [5, 5.41) is 0.757. The average Bonchev–Trinajstić information content (AvgIpc) is 2.94. The summed E-state index contributed by atoms with van der Waals surface area (Å²) >= 11 is 7.61. The zero-order valence-corrected chi connectivity index (χ0v) is 13.1. The number of hydrogen-bond donors (Lipinski definition) is 1. The van der Waals surface area contributed by atoms with Crippen LogP contribution in [-0.2, 0) is 4.79 Å². The van der Waals surface area contributed by atoms with Crippen LogP contribution in [0, 0.1) is 5.92 Å². The SMILES string of the molecule is NCC1CCN(C(=O)CCCSc2ccc(Cl)cc2)C1. The molecule has 1 amide bonds. The third kappa shape index (κ3) is 4.69. The Balaban J connectivity index is 1.63. The van der Waals surface area contributed by atoms with Crippen LogP contribution in [0.25, 0.3) is 0 Å². The fraction of sp³-hybridized carbons (Fsp3) is 0.533. The predicted molar refractivity (Wildman–Crippen MR) is 85.2 cm³/mol. The molecule has 1 heterocycles. The van der Waals surface area contributed by atoms with Gasteiger partial charge in [0.25, 0.3) is 0 Å². The van der Waals surface area contributed by atoms with Crippen molar-refractivity contribution in [1.29, 1.82) is 0 Å². The Kier molecular flexibility index (Phi) is 6.20. The van der Waals surface area contributed by atoms with E-state index in [2.05, 4.69) is 0 Å². The second-order valence-electron chi connectivity index (χ2n) is 5.14. The van der Waals surface area contributed by atoms with Gasteiger partial charge in [-0.3, -0.25) is 4.79 Å². The number of carbonyl (C=O) groups is 1. The van der Waals surface area contributed by atoms with Crippen molar-refractivity contribution in [3.8, 4) is 0 Å². The number of amides is 1. The van der Waals surface area contributed by atoms with Gasteiger partial charge in [-0.05, 0) is 55.3 Å². The van der Waals surface area contributed by atoms with E-state index in [9.17, 15) is 4.79 Å². The first-order valence-corrected chi connectivity index (χ1v) is 8.41. The maximum atomic E-state index is 12.0. The minimum atomic E-state index is 0.276. The minimum Gasteiger partial charge on any atom is -0.342 e. The molecule has 1 aliphatic heterocycles. The van der Waals surface area contributed by atoms with Gasteiger partial charge in [0, 0.05) is 29.4 Å². The fourth-order valence-electron chi connectivity index (χ4n) is 2.35. The molecule has 1 aliphatic rings. The molecule has 0 aliphatic carbocycles. The molecule has 20 heavy (non-hydrogen) atoms. The van der Waals surface area contributed by atoms with Crippen LogP contribution in [0.1, 0.15) is 19.3 Å². The van der Waals surface area contributed by atoms with Crippen molar-refractivity contribution in [1.82, 2.24) is 4.90 Å². The number of benzene rings is 1.